The molecule has 1 fully saturated rings. The van der Waals surface area contributed by atoms with Crippen LogP contribution in [0.3, 0.4) is 0 Å². The van der Waals surface area contributed by atoms with Crippen molar-refractivity contribution in [1.29, 1.82) is 0 Å². The Morgan fingerprint density at radius 2 is 2.06 bits per heavy atom. The molecule has 1 saturated heterocycles. The van der Waals surface area contributed by atoms with Gasteiger partial charge in [0.15, 0.2) is 0 Å². The molecule has 1 heterocycles. The van der Waals surface area contributed by atoms with Crippen LogP contribution < -0.4 is 11.1 Å². The van der Waals surface area contributed by atoms with Crippen LogP contribution in [0.1, 0.15) is 19.8 Å². The Hall–Kier alpha value is -1.30. The van der Waals surface area contributed by atoms with E-state index in [1.807, 2.05) is 4.90 Å². The van der Waals surface area contributed by atoms with Crippen LogP contribution in [0.15, 0.2) is 0 Å². The average molecular weight is 229 g/mol. The second-order valence-electron chi connectivity index (χ2n) is 3.90. The highest BCUT2D eigenvalue weighted by Crippen LogP contribution is 2.09. The molecule has 3 N–H and O–H groups in total. The molecule has 0 aromatic rings. The molecular formula is C10H19N3O3. The van der Waals surface area contributed by atoms with Crippen molar-refractivity contribution in [2.24, 2.45) is 5.73 Å². The fourth-order valence-electron chi connectivity index (χ4n) is 1.81. The first-order chi connectivity index (χ1) is 7.59. The third-order valence-corrected chi connectivity index (χ3v) is 2.72. The molecule has 0 unspecified atom stereocenters. The molecule has 0 radical (unpaired) electrons. The van der Waals surface area contributed by atoms with Gasteiger partial charge in [-0.25, -0.2) is 4.79 Å². The van der Waals surface area contributed by atoms with E-state index in [-0.39, 0.29) is 5.91 Å². The summed E-state index contributed by atoms with van der Waals surface area (Å²) in [6.07, 6.45) is 1.14. The van der Waals surface area contributed by atoms with Crippen LogP contribution >= 0.6 is 0 Å². The minimum atomic E-state index is -0.742. The number of carbonyl (C=O) groups is 2. The second-order valence-corrected chi connectivity index (χ2v) is 3.90. The Balaban J connectivity index is 2.08. The van der Waals surface area contributed by atoms with E-state index in [1.165, 1.54) is 0 Å². The van der Waals surface area contributed by atoms with Gasteiger partial charge in [0.05, 0.1) is 0 Å². The van der Waals surface area contributed by atoms with Gasteiger partial charge in [-0.1, -0.05) is 0 Å². The first kappa shape index (κ1) is 12.8. The van der Waals surface area contributed by atoms with Gasteiger partial charge in [0.2, 0.25) is 5.91 Å². The summed E-state index contributed by atoms with van der Waals surface area (Å²) in [5, 5.41) is 3.27. The van der Waals surface area contributed by atoms with Gasteiger partial charge in [-0.05, 0) is 12.8 Å². The summed E-state index contributed by atoms with van der Waals surface area (Å²) < 4.78 is 4.60. The minimum Gasteiger partial charge on any atom is -0.448 e. The van der Waals surface area contributed by atoms with E-state index in [2.05, 4.69) is 10.1 Å². The molecule has 6 heteroatoms. The fourth-order valence-corrected chi connectivity index (χ4v) is 1.81. The topological polar surface area (TPSA) is 84.7 Å². The summed E-state index contributed by atoms with van der Waals surface area (Å²) in [5.74, 6) is 0.135. The number of ether oxygens (including phenoxy) is 1. The van der Waals surface area contributed by atoms with Gasteiger partial charge in [0.1, 0.15) is 6.61 Å². The van der Waals surface area contributed by atoms with Crippen molar-refractivity contribution in [3.8, 4) is 0 Å². The Bertz CT molecular complexity index is 250. The molecule has 6 nitrogen and oxygen atoms in total. The molecule has 92 valence electrons. The Labute approximate surface area is 95.1 Å². The normalized spacial score (nSPS) is 17.2. The molecule has 1 aliphatic rings. The number of nitrogens with zero attached hydrogens (tertiary/aromatic N) is 1. The van der Waals surface area contributed by atoms with Crippen molar-refractivity contribution in [2.75, 3.05) is 26.2 Å². The molecule has 1 rings (SSSR count). The molecule has 0 aromatic carbocycles. The summed E-state index contributed by atoms with van der Waals surface area (Å²) in [6, 6.07) is 0.395. The third kappa shape index (κ3) is 4.48. The number of carbonyl (C=O) groups excluding carboxylic acids is 2. The van der Waals surface area contributed by atoms with E-state index in [9.17, 15) is 9.59 Å². The van der Waals surface area contributed by atoms with Gasteiger partial charge in [0.25, 0.3) is 0 Å². The van der Waals surface area contributed by atoms with Crippen molar-refractivity contribution in [3.05, 3.63) is 0 Å². The summed E-state index contributed by atoms with van der Waals surface area (Å²) in [5.41, 5.74) is 4.83. The van der Waals surface area contributed by atoms with Crippen LogP contribution in [-0.4, -0.2) is 49.2 Å². The Morgan fingerprint density at radius 1 is 1.44 bits per heavy atom. The lowest BCUT2D eigenvalue weighted by Gasteiger charge is -2.31. The van der Waals surface area contributed by atoms with Gasteiger partial charge >= 0.3 is 6.09 Å². The van der Waals surface area contributed by atoms with Crippen LogP contribution in [0.25, 0.3) is 0 Å². The largest absolute Gasteiger partial charge is 0.448 e. The molecule has 0 spiro atoms. The lowest BCUT2D eigenvalue weighted by Crippen LogP contribution is -2.45. The van der Waals surface area contributed by atoms with Gasteiger partial charge in [-0.2, -0.15) is 0 Å². The van der Waals surface area contributed by atoms with E-state index in [4.69, 9.17) is 5.73 Å². The maximum Gasteiger partial charge on any atom is 0.404 e. The van der Waals surface area contributed by atoms with Crippen molar-refractivity contribution >= 4 is 12.0 Å². The molecule has 0 aromatic heterocycles. The average Bonchev–Trinajstić information content (AvgIpc) is 2.25. The van der Waals surface area contributed by atoms with Crippen molar-refractivity contribution in [3.63, 3.8) is 0 Å². The molecule has 0 saturated carbocycles. The number of likely N-dealkylation sites (tertiary alicyclic amines) is 1. The molecular weight excluding hydrogens is 210 g/mol. The summed E-state index contributed by atoms with van der Waals surface area (Å²) in [6.45, 7) is 4.08. The fraction of sp³-hybridized carbons (Fsp3) is 0.800. The second kappa shape index (κ2) is 6.32. The number of piperidine rings is 1. The maximum atomic E-state index is 11.1. The van der Waals surface area contributed by atoms with E-state index in [1.54, 1.807) is 6.92 Å². The predicted octanol–water partition coefficient (Wildman–Crippen LogP) is -0.318. The van der Waals surface area contributed by atoms with Crippen LogP contribution in [0.5, 0.6) is 0 Å². The molecule has 1 aliphatic heterocycles. The summed E-state index contributed by atoms with van der Waals surface area (Å²) in [4.78, 5) is 23.2. The number of nitrogens with two attached hydrogens (primary N) is 1. The highest BCUT2D eigenvalue weighted by molar-refractivity contribution is 5.73. The first-order valence-corrected chi connectivity index (χ1v) is 5.50. The molecule has 0 aliphatic carbocycles. The van der Waals surface area contributed by atoms with Gasteiger partial charge in [-0.3, -0.25) is 4.79 Å². The highest BCUT2D eigenvalue weighted by Gasteiger charge is 2.19. The molecule has 16 heavy (non-hydrogen) atoms. The van der Waals surface area contributed by atoms with Gasteiger partial charge < -0.3 is 20.7 Å². The Morgan fingerprint density at radius 3 is 2.56 bits per heavy atom. The predicted molar refractivity (Wildman–Crippen MR) is 58.8 cm³/mol. The monoisotopic (exact) mass is 229 g/mol. The molecule has 0 atom stereocenters. The number of rotatable bonds is 4. The smallest absolute Gasteiger partial charge is 0.404 e. The lowest BCUT2D eigenvalue weighted by molar-refractivity contribution is -0.129. The highest BCUT2D eigenvalue weighted by atomic mass is 16.5. The number of amides is 2. The zero-order valence-corrected chi connectivity index (χ0v) is 9.57. The number of hydrogen-bond acceptors (Lipinski definition) is 4. The van der Waals surface area contributed by atoms with Crippen LogP contribution in [0.4, 0.5) is 4.79 Å². The summed E-state index contributed by atoms with van der Waals surface area (Å²) in [7, 11) is 0. The Kier molecular flexibility index (Phi) is 5.04. The van der Waals surface area contributed by atoms with Crippen LogP contribution in [0.2, 0.25) is 0 Å². The zero-order chi connectivity index (χ0) is 12.0. The maximum absolute atomic E-state index is 11.1. The number of hydrogen-bond donors (Lipinski definition) is 2. The van der Waals surface area contributed by atoms with Gasteiger partial charge in [-0.15, -0.1) is 0 Å². The zero-order valence-electron chi connectivity index (χ0n) is 9.57. The number of nitrogens with one attached hydrogen (secondary N) is 1. The third-order valence-electron chi connectivity index (χ3n) is 2.72. The van der Waals surface area contributed by atoms with Crippen molar-refractivity contribution in [2.45, 2.75) is 25.8 Å². The lowest BCUT2D eigenvalue weighted by atomic mass is 10.1. The van der Waals surface area contributed by atoms with Crippen LogP contribution in [-0.2, 0) is 9.53 Å². The van der Waals surface area contributed by atoms with Crippen molar-refractivity contribution < 1.29 is 14.3 Å². The first-order valence-electron chi connectivity index (χ1n) is 5.50. The van der Waals surface area contributed by atoms with E-state index < -0.39 is 6.09 Å². The minimum absolute atomic E-state index is 0.135. The molecule has 0 bridgehead atoms. The van der Waals surface area contributed by atoms with Gasteiger partial charge in [0, 0.05) is 32.6 Å². The number of primary amides is 1. The van der Waals surface area contributed by atoms with E-state index in [0.29, 0.717) is 19.2 Å². The molecule has 2 amide bonds. The summed E-state index contributed by atoms with van der Waals surface area (Å²) >= 11 is 0. The van der Waals surface area contributed by atoms with E-state index in [0.717, 1.165) is 25.9 Å². The quantitative estimate of drug-likeness (QED) is 0.647. The standard InChI is InChI=1S/C10H19N3O3/c1-8(14)13-5-2-9(3-6-13)12-4-7-16-10(11)15/h9,12H,2-7H2,1H3,(H2,11,15). The van der Waals surface area contributed by atoms with Crippen LogP contribution in [0, 0.1) is 0 Å². The van der Waals surface area contributed by atoms with E-state index >= 15 is 0 Å². The SMILES string of the molecule is CC(=O)N1CCC(NCCOC(N)=O)CC1. The van der Waals surface area contributed by atoms with Crippen molar-refractivity contribution in [1.82, 2.24) is 10.2 Å².